The zero-order valence-electron chi connectivity index (χ0n) is 11.5. The van der Waals surface area contributed by atoms with Crippen LogP contribution >= 0.6 is 0 Å². The van der Waals surface area contributed by atoms with Crippen molar-refractivity contribution in [3.05, 3.63) is 0 Å². The highest BCUT2D eigenvalue weighted by Crippen LogP contribution is 2.21. The summed E-state index contributed by atoms with van der Waals surface area (Å²) < 4.78 is 0. The summed E-state index contributed by atoms with van der Waals surface area (Å²) >= 11 is 0. The number of carbonyl (C=O) groups is 4. The Morgan fingerprint density at radius 3 is 1.35 bits per heavy atom. The van der Waals surface area contributed by atoms with Gasteiger partial charge in [0.05, 0.1) is 5.41 Å². The highest BCUT2D eigenvalue weighted by Gasteiger charge is 2.27. The van der Waals surface area contributed by atoms with Gasteiger partial charge in [0.1, 0.15) is 0 Å². The van der Waals surface area contributed by atoms with Crippen molar-refractivity contribution in [2.24, 2.45) is 5.41 Å². The van der Waals surface area contributed by atoms with Gasteiger partial charge in [0.15, 0.2) is 0 Å². The molecule has 0 aromatic rings. The van der Waals surface area contributed by atoms with E-state index in [0.717, 1.165) is 0 Å². The summed E-state index contributed by atoms with van der Waals surface area (Å²) in [6.45, 7) is 3.02. The van der Waals surface area contributed by atoms with Crippen LogP contribution in [0.2, 0.25) is 0 Å². The molecule has 0 aromatic heterocycles. The van der Waals surface area contributed by atoms with Gasteiger partial charge < -0.3 is 20.4 Å². The van der Waals surface area contributed by atoms with Crippen LogP contribution in [-0.4, -0.2) is 44.3 Å². The standard InChI is InChI=1S/C7H12O4.C5H8O4/c1-7(2,6(10)11)4-3-5(8)9;6-4(7)2-1-3-5(8)9/h3-4H2,1-2H3,(H,8,9)(H,10,11);1-3H2,(H,6,7)(H,8,9). The molecular formula is C12H20O8. The zero-order chi connectivity index (χ0) is 16.3. The normalized spacial score (nSPS) is 10.1. The maximum absolute atomic E-state index is 10.4. The van der Waals surface area contributed by atoms with E-state index < -0.39 is 29.3 Å². The molecule has 0 saturated heterocycles. The summed E-state index contributed by atoms with van der Waals surface area (Å²) in [4.78, 5) is 40.1. The monoisotopic (exact) mass is 292 g/mol. The fourth-order valence-corrected chi connectivity index (χ4v) is 0.917. The summed E-state index contributed by atoms with van der Waals surface area (Å²) in [5.41, 5.74) is -0.932. The SMILES string of the molecule is CC(C)(CCC(=O)O)C(=O)O.O=C(O)CCCC(=O)O. The summed E-state index contributed by atoms with van der Waals surface area (Å²) in [6, 6.07) is 0. The van der Waals surface area contributed by atoms with E-state index >= 15 is 0 Å². The highest BCUT2D eigenvalue weighted by molar-refractivity contribution is 5.75. The van der Waals surface area contributed by atoms with Crippen LogP contribution in [-0.2, 0) is 19.2 Å². The number of hydrogen-bond acceptors (Lipinski definition) is 4. The Kier molecular flexibility index (Phi) is 9.86. The molecule has 116 valence electrons. The molecule has 0 aliphatic rings. The molecule has 0 atom stereocenters. The molecule has 0 spiro atoms. The predicted molar refractivity (Wildman–Crippen MR) is 67.4 cm³/mol. The Hall–Kier alpha value is -2.12. The third-order valence-corrected chi connectivity index (χ3v) is 2.32. The maximum atomic E-state index is 10.4. The average molecular weight is 292 g/mol. The van der Waals surface area contributed by atoms with Crippen LogP contribution < -0.4 is 0 Å². The third-order valence-electron chi connectivity index (χ3n) is 2.32. The van der Waals surface area contributed by atoms with Crippen molar-refractivity contribution in [1.82, 2.24) is 0 Å². The van der Waals surface area contributed by atoms with Gasteiger partial charge in [-0.05, 0) is 26.7 Å². The number of carboxylic acids is 4. The fourth-order valence-electron chi connectivity index (χ4n) is 0.917. The van der Waals surface area contributed by atoms with Crippen LogP contribution in [0.5, 0.6) is 0 Å². The lowest BCUT2D eigenvalue weighted by atomic mass is 9.88. The van der Waals surface area contributed by atoms with E-state index in [1.54, 1.807) is 0 Å². The Morgan fingerprint density at radius 1 is 0.750 bits per heavy atom. The van der Waals surface area contributed by atoms with Gasteiger partial charge in [-0.1, -0.05) is 0 Å². The topological polar surface area (TPSA) is 149 Å². The van der Waals surface area contributed by atoms with Crippen molar-refractivity contribution in [3.8, 4) is 0 Å². The second-order valence-electron chi connectivity index (χ2n) is 4.72. The van der Waals surface area contributed by atoms with Crippen molar-refractivity contribution < 1.29 is 39.6 Å². The fraction of sp³-hybridized carbons (Fsp3) is 0.667. The van der Waals surface area contributed by atoms with Crippen LogP contribution in [0.15, 0.2) is 0 Å². The lowest BCUT2D eigenvalue weighted by molar-refractivity contribution is -0.148. The molecule has 0 aromatic carbocycles. The van der Waals surface area contributed by atoms with E-state index in [2.05, 4.69) is 0 Å². The lowest BCUT2D eigenvalue weighted by Gasteiger charge is -2.16. The van der Waals surface area contributed by atoms with Gasteiger partial charge in [0.2, 0.25) is 0 Å². The van der Waals surface area contributed by atoms with Gasteiger partial charge in [0, 0.05) is 19.3 Å². The molecule has 0 fully saturated rings. The molecule has 0 saturated carbocycles. The number of carboxylic acid groups (broad SMARTS) is 4. The lowest BCUT2D eigenvalue weighted by Crippen LogP contribution is -2.24. The average Bonchev–Trinajstić information content (AvgIpc) is 2.26. The van der Waals surface area contributed by atoms with Gasteiger partial charge in [0.25, 0.3) is 0 Å². The first-order valence-electron chi connectivity index (χ1n) is 5.88. The van der Waals surface area contributed by atoms with Gasteiger partial charge >= 0.3 is 23.9 Å². The molecule has 8 heteroatoms. The van der Waals surface area contributed by atoms with Crippen LogP contribution in [0.25, 0.3) is 0 Å². The largest absolute Gasteiger partial charge is 0.481 e. The predicted octanol–water partition coefficient (Wildman–Crippen LogP) is 1.29. The first kappa shape index (κ1) is 20.2. The van der Waals surface area contributed by atoms with Gasteiger partial charge in [-0.3, -0.25) is 19.2 Å². The van der Waals surface area contributed by atoms with E-state index in [1.807, 2.05) is 0 Å². The molecule has 0 bridgehead atoms. The van der Waals surface area contributed by atoms with Crippen LogP contribution in [0.4, 0.5) is 0 Å². The van der Waals surface area contributed by atoms with Crippen molar-refractivity contribution in [3.63, 3.8) is 0 Å². The summed E-state index contributed by atoms with van der Waals surface area (Å²) in [5.74, 6) is -3.81. The van der Waals surface area contributed by atoms with Crippen molar-refractivity contribution >= 4 is 23.9 Å². The number of hydrogen-bond donors (Lipinski definition) is 4. The molecule has 20 heavy (non-hydrogen) atoms. The highest BCUT2D eigenvalue weighted by atomic mass is 16.4. The van der Waals surface area contributed by atoms with E-state index in [-0.39, 0.29) is 32.1 Å². The van der Waals surface area contributed by atoms with E-state index in [1.165, 1.54) is 13.8 Å². The van der Waals surface area contributed by atoms with Crippen molar-refractivity contribution in [2.45, 2.75) is 46.0 Å². The first-order valence-corrected chi connectivity index (χ1v) is 5.88. The maximum Gasteiger partial charge on any atom is 0.309 e. The Balaban J connectivity index is 0. The molecule has 0 unspecified atom stereocenters. The molecule has 4 N–H and O–H groups in total. The van der Waals surface area contributed by atoms with E-state index in [0.29, 0.717) is 0 Å². The molecule has 0 radical (unpaired) electrons. The van der Waals surface area contributed by atoms with Gasteiger partial charge in [-0.2, -0.15) is 0 Å². The molecule has 8 nitrogen and oxygen atoms in total. The Labute approximate surface area is 116 Å². The third kappa shape index (κ3) is 13.9. The minimum Gasteiger partial charge on any atom is -0.481 e. The summed E-state index contributed by atoms with van der Waals surface area (Å²) in [6.07, 6.45) is 0.153. The molecule has 0 aliphatic heterocycles. The first-order chi connectivity index (χ1) is 8.99. The smallest absolute Gasteiger partial charge is 0.309 e. The minimum atomic E-state index is -0.959. The number of rotatable bonds is 8. The molecule has 0 rings (SSSR count). The summed E-state index contributed by atoms with van der Waals surface area (Å²) in [7, 11) is 0. The quantitative estimate of drug-likeness (QED) is 0.522. The minimum absolute atomic E-state index is 0.0632. The van der Waals surface area contributed by atoms with Crippen LogP contribution in [0, 0.1) is 5.41 Å². The summed E-state index contributed by atoms with van der Waals surface area (Å²) in [5, 5.41) is 32.9. The van der Waals surface area contributed by atoms with Gasteiger partial charge in [-0.25, -0.2) is 0 Å². The second kappa shape index (κ2) is 9.76. The molecule has 0 aliphatic carbocycles. The molecular weight excluding hydrogens is 272 g/mol. The zero-order valence-corrected chi connectivity index (χ0v) is 11.5. The molecule has 0 amide bonds. The Morgan fingerprint density at radius 2 is 1.10 bits per heavy atom. The Bertz CT molecular complexity index is 344. The van der Waals surface area contributed by atoms with Crippen LogP contribution in [0.1, 0.15) is 46.0 Å². The van der Waals surface area contributed by atoms with Crippen LogP contribution in [0.3, 0.4) is 0 Å². The van der Waals surface area contributed by atoms with E-state index in [4.69, 9.17) is 20.4 Å². The second-order valence-corrected chi connectivity index (χ2v) is 4.72. The van der Waals surface area contributed by atoms with Crippen molar-refractivity contribution in [1.29, 1.82) is 0 Å². The molecule has 0 heterocycles. The van der Waals surface area contributed by atoms with Crippen molar-refractivity contribution in [2.75, 3.05) is 0 Å². The number of aliphatic carboxylic acids is 4. The van der Waals surface area contributed by atoms with Gasteiger partial charge in [-0.15, -0.1) is 0 Å². The van der Waals surface area contributed by atoms with E-state index in [9.17, 15) is 19.2 Å².